The molecule has 7 heteroatoms. The molecule has 4 nitrogen and oxygen atoms in total. The summed E-state index contributed by atoms with van der Waals surface area (Å²) in [6, 6.07) is 4.34. The maximum Gasteiger partial charge on any atom is 0.255 e. The van der Waals surface area contributed by atoms with Gasteiger partial charge in [-0.25, -0.2) is 13.2 Å². The molecular weight excluding hydrogens is 285 g/mol. The molecule has 0 atom stereocenters. The van der Waals surface area contributed by atoms with Crippen LogP contribution in [-0.4, -0.2) is 51.5 Å². The molecule has 0 aliphatic carbocycles. The van der Waals surface area contributed by atoms with Crippen LogP contribution in [0.3, 0.4) is 0 Å². The molecule has 0 aliphatic heterocycles. The molecule has 2 N–H and O–H groups in total. The Morgan fingerprint density at radius 1 is 1.38 bits per heavy atom. The third-order valence-electron chi connectivity index (χ3n) is 2.95. The van der Waals surface area contributed by atoms with Crippen LogP contribution in [-0.2, 0) is 11.3 Å². The Kier molecular flexibility index (Phi) is 8.11. The van der Waals surface area contributed by atoms with Crippen molar-refractivity contribution in [3.8, 4) is 0 Å². The molecule has 0 heterocycles. The first-order chi connectivity index (χ1) is 10.1. The number of alkyl halides is 2. The number of anilines is 1. The highest BCUT2D eigenvalue weighted by atomic mass is 19.3. The van der Waals surface area contributed by atoms with Gasteiger partial charge in [0, 0.05) is 38.0 Å². The van der Waals surface area contributed by atoms with E-state index in [-0.39, 0.29) is 19.7 Å². The second-order valence-electron chi connectivity index (χ2n) is 4.47. The number of nitrogens with one attached hydrogen (secondary N) is 1. The van der Waals surface area contributed by atoms with Crippen molar-refractivity contribution in [2.45, 2.75) is 13.0 Å². The number of benzene rings is 1. The van der Waals surface area contributed by atoms with Gasteiger partial charge in [-0.15, -0.1) is 0 Å². The summed E-state index contributed by atoms with van der Waals surface area (Å²) in [5.41, 5.74) is 0.678. The first-order valence-corrected chi connectivity index (χ1v) is 6.71. The summed E-state index contributed by atoms with van der Waals surface area (Å²) in [6.45, 7) is 0.407. The summed E-state index contributed by atoms with van der Waals surface area (Å²) in [5.74, 6) is -0.463. The number of nitrogens with zero attached hydrogens (tertiary/aromatic N) is 1. The Morgan fingerprint density at radius 3 is 2.76 bits per heavy atom. The lowest BCUT2D eigenvalue weighted by atomic mass is 10.1. The Labute approximate surface area is 122 Å². The van der Waals surface area contributed by atoms with E-state index in [1.807, 2.05) is 0 Å². The van der Waals surface area contributed by atoms with Gasteiger partial charge in [0.2, 0.25) is 0 Å². The molecule has 0 aliphatic rings. The van der Waals surface area contributed by atoms with Gasteiger partial charge in [-0.3, -0.25) is 0 Å². The van der Waals surface area contributed by atoms with E-state index >= 15 is 0 Å². The van der Waals surface area contributed by atoms with Gasteiger partial charge in [0.05, 0.1) is 19.8 Å². The molecule has 21 heavy (non-hydrogen) atoms. The third kappa shape index (κ3) is 5.91. The fourth-order valence-electron chi connectivity index (χ4n) is 2.00. The van der Waals surface area contributed by atoms with Crippen LogP contribution in [0.25, 0.3) is 0 Å². The third-order valence-corrected chi connectivity index (χ3v) is 2.95. The molecule has 1 aromatic rings. The minimum atomic E-state index is -2.56. The highest BCUT2D eigenvalue weighted by Gasteiger charge is 2.17. The van der Waals surface area contributed by atoms with Gasteiger partial charge in [0.15, 0.2) is 0 Å². The van der Waals surface area contributed by atoms with Crippen LogP contribution in [0.1, 0.15) is 5.56 Å². The molecule has 0 unspecified atom stereocenters. The van der Waals surface area contributed by atoms with Gasteiger partial charge >= 0.3 is 0 Å². The van der Waals surface area contributed by atoms with E-state index in [1.165, 1.54) is 17.0 Å². The molecule has 1 aromatic carbocycles. The lowest BCUT2D eigenvalue weighted by molar-refractivity contribution is 0.152. The van der Waals surface area contributed by atoms with Crippen LogP contribution in [0, 0.1) is 5.82 Å². The normalized spacial score (nSPS) is 11.1. The number of ether oxygens (including phenoxy) is 1. The van der Waals surface area contributed by atoms with Crippen molar-refractivity contribution < 1.29 is 23.0 Å². The van der Waals surface area contributed by atoms with Crippen molar-refractivity contribution in [2.24, 2.45) is 0 Å². The molecule has 1 rings (SSSR count). The zero-order chi connectivity index (χ0) is 15.7. The molecule has 0 saturated carbocycles. The Morgan fingerprint density at radius 2 is 2.14 bits per heavy atom. The first kappa shape index (κ1) is 17.7. The summed E-state index contributed by atoms with van der Waals surface area (Å²) < 4.78 is 44.1. The van der Waals surface area contributed by atoms with Crippen molar-refractivity contribution in [2.75, 3.05) is 44.9 Å². The summed E-state index contributed by atoms with van der Waals surface area (Å²) >= 11 is 0. The van der Waals surface area contributed by atoms with E-state index in [2.05, 4.69) is 5.32 Å². The summed E-state index contributed by atoms with van der Waals surface area (Å²) in [6.07, 6.45) is -2.56. The topological polar surface area (TPSA) is 44.7 Å². The van der Waals surface area contributed by atoms with E-state index in [0.717, 1.165) is 0 Å². The predicted molar refractivity (Wildman–Crippen MR) is 75.3 cm³/mol. The fraction of sp³-hybridized carbons (Fsp3) is 0.571. The minimum Gasteiger partial charge on any atom is -0.395 e. The largest absolute Gasteiger partial charge is 0.395 e. The second-order valence-corrected chi connectivity index (χ2v) is 4.47. The predicted octanol–water partition coefficient (Wildman–Crippen LogP) is 1.63. The van der Waals surface area contributed by atoms with Gasteiger partial charge in [-0.2, -0.15) is 0 Å². The van der Waals surface area contributed by atoms with Crippen molar-refractivity contribution in [1.82, 2.24) is 5.32 Å². The minimum absolute atomic E-state index is 0.0267. The molecule has 120 valence electrons. The lowest BCUT2D eigenvalue weighted by Crippen LogP contribution is -2.33. The smallest absolute Gasteiger partial charge is 0.255 e. The Balaban J connectivity index is 2.89. The summed E-state index contributed by atoms with van der Waals surface area (Å²) in [4.78, 5) is 1.29. The molecule has 0 amide bonds. The van der Waals surface area contributed by atoms with Crippen molar-refractivity contribution in [3.63, 3.8) is 0 Å². The number of halogens is 3. The monoisotopic (exact) mass is 306 g/mol. The highest BCUT2D eigenvalue weighted by molar-refractivity contribution is 5.54. The molecule has 0 bridgehead atoms. The van der Waals surface area contributed by atoms with Gasteiger partial charge < -0.3 is 20.1 Å². The fourth-order valence-corrected chi connectivity index (χ4v) is 2.00. The van der Waals surface area contributed by atoms with Crippen LogP contribution in [0.4, 0.5) is 18.9 Å². The van der Waals surface area contributed by atoms with Crippen LogP contribution >= 0.6 is 0 Å². The average Bonchev–Trinajstić information content (AvgIpc) is 2.44. The number of rotatable bonds is 10. The average molecular weight is 306 g/mol. The summed E-state index contributed by atoms with van der Waals surface area (Å²) in [5, 5.41) is 12.0. The van der Waals surface area contributed by atoms with E-state index in [0.29, 0.717) is 24.4 Å². The number of hydrogen-bond donors (Lipinski definition) is 2. The van der Waals surface area contributed by atoms with Crippen molar-refractivity contribution >= 4 is 5.69 Å². The molecule has 0 spiro atoms. The molecule has 0 fully saturated rings. The van der Waals surface area contributed by atoms with E-state index in [4.69, 9.17) is 9.84 Å². The highest BCUT2D eigenvalue weighted by Crippen LogP contribution is 2.24. The lowest BCUT2D eigenvalue weighted by Gasteiger charge is -2.26. The second kappa shape index (κ2) is 9.59. The standard InChI is InChI=1S/C14H21F3N2O2/c1-21-8-5-18-9-11-12(15)3-2-4-13(11)19(6-7-20)10-14(16)17/h2-4,14,18,20H,5-10H2,1H3. The molecule has 0 radical (unpaired) electrons. The number of aliphatic hydroxyl groups excluding tert-OH is 1. The SMILES string of the molecule is COCCNCc1c(F)cccc1N(CCO)CC(F)F. The number of methoxy groups -OCH3 is 1. The zero-order valence-corrected chi connectivity index (χ0v) is 12.0. The van der Waals surface area contributed by atoms with E-state index in [9.17, 15) is 13.2 Å². The number of aliphatic hydroxyl groups is 1. The van der Waals surface area contributed by atoms with Crippen molar-refractivity contribution in [3.05, 3.63) is 29.6 Å². The first-order valence-electron chi connectivity index (χ1n) is 6.71. The maximum absolute atomic E-state index is 13.9. The van der Waals surface area contributed by atoms with Crippen LogP contribution in [0.2, 0.25) is 0 Å². The van der Waals surface area contributed by atoms with Gasteiger partial charge in [0.1, 0.15) is 5.82 Å². The van der Waals surface area contributed by atoms with Gasteiger partial charge in [-0.05, 0) is 12.1 Å². The quantitative estimate of drug-likeness (QED) is 0.645. The molecule has 0 saturated heterocycles. The Bertz CT molecular complexity index is 419. The van der Waals surface area contributed by atoms with Crippen LogP contribution in [0.15, 0.2) is 18.2 Å². The summed E-state index contributed by atoms with van der Waals surface area (Å²) in [7, 11) is 1.56. The van der Waals surface area contributed by atoms with Gasteiger partial charge in [0.25, 0.3) is 6.43 Å². The molecule has 0 aromatic heterocycles. The van der Waals surface area contributed by atoms with Gasteiger partial charge in [-0.1, -0.05) is 6.07 Å². The van der Waals surface area contributed by atoms with E-state index in [1.54, 1.807) is 13.2 Å². The van der Waals surface area contributed by atoms with E-state index < -0.39 is 18.8 Å². The maximum atomic E-state index is 13.9. The van der Waals surface area contributed by atoms with Crippen LogP contribution in [0.5, 0.6) is 0 Å². The van der Waals surface area contributed by atoms with Crippen molar-refractivity contribution in [1.29, 1.82) is 0 Å². The zero-order valence-electron chi connectivity index (χ0n) is 12.0. The Hall–Kier alpha value is -1.31. The van der Waals surface area contributed by atoms with Crippen LogP contribution < -0.4 is 10.2 Å². The number of hydrogen-bond acceptors (Lipinski definition) is 4. The molecular formula is C14H21F3N2O2.